The van der Waals surface area contributed by atoms with E-state index in [1.807, 2.05) is 12.1 Å². The highest BCUT2D eigenvalue weighted by molar-refractivity contribution is 6.30. The average Bonchev–Trinajstić information content (AvgIpc) is 2.26. The van der Waals surface area contributed by atoms with Crippen molar-refractivity contribution >= 4 is 17.6 Å². The van der Waals surface area contributed by atoms with E-state index in [9.17, 15) is 4.79 Å². The summed E-state index contributed by atoms with van der Waals surface area (Å²) in [5, 5.41) is 0.551. The van der Waals surface area contributed by atoms with E-state index < -0.39 is 0 Å². The maximum Gasteiger partial charge on any atom is 0.305 e. The van der Waals surface area contributed by atoms with Crippen molar-refractivity contribution in [3.8, 4) is 0 Å². The molecule has 0 radical (unpaired) electrons. The average molecular weight is 228 g/mol. The number of unbranched alkanes of at least 4 members (excludes halogenated alkanes) is 1. The summed E-state index contributed by atoms with van der Waals surface area (Å²) in [6.07, 6.45) is 4.72. The third-order valence-electron chi connectivity index (χ3n) is 2.14. The molecule has 0 unspecified atom stereocenters. The van der Waals surface area contributed by atoms with E-state index in [0.717, 1.165) is 24.8 Å². The summed E-state index contributed by atoms with van der Waals surface area (Å²) in [4.78, 5) is 14.8. The van der Waals surface area contributed by atoms with Crippen LogP contribution in [0.1, 0.15) is 24.8 Å². The first-order valence-corrected chi connectivity index (χ1v) is 5.28. The van der Waals surface area contributed by atoms with Gasteiger partial charge in [0.1, 0.15) is 5.15 Å². The SMILES string of the molecule is COC(=O)CCCCc1cccnc1Cl. The quantitative estimate of drug-likeness (QED) is 0.441. The Labute approximate surface area is 94.4 Å². The van der Waals surface area contributed by atoms with Crippen LogP contribution in [0.2, 0.25) is 5.15 Å². The van der Waals surface area contributed by atoms with Gasteiger partial charge in [-0.2, -0.15) is 0 Å². The predicted octanol–water partition coefficient (Wildman–Crippen LogP) is 2.62. The molecule has 0 aliphatic heterocycles. The summed E-state index contributed by atoms with van der Waals surface area (Å²) in [6.45, 7) is 0. The van der Waals surface area contributed by atoms with E-state index >= 15 is 0 Å². The highest BCUT2D eigenvalue weighted by Gasteiger charge is 2.02. The van der Waals surface area contributed by atoms with Crippen LogP contribution in [0.3, 0.4) is 0 Å². The Kier molecular flexibility index (Phi) is 5.12. The standard InChI is InChI=1S/C11H14ClNO2/c1-15-10(14)7-3-2-5-9-6-4-8-13-11(9)12/h4,6,8H,2-3,5,7H2,1H3. The maximum absolute atomic E-state index is 10.8. The van der Waals surface area contributed by atoms with Crippen molar-refractivity contribution in [3.63, 3.8) is 0 Å². The van der Waals surface area contributed by atoms with E-state index in [2.05, 4.69) is 9.72 Å². The van der Waals surface area contributed by atoms with Gasteiger partial charge in [0, 0.05) is 12.6 Å². The highest BCUT2D eigenvalue weighted by Crippen LogP contribution is 2.14. The van der Waals surface area contributed by atoms with Gasteiger partial charge in [0.05, 0.1) is 7.11 Å². The zero-order valence-electron chi connectivity index (χ0n) is 8.70. The van der Waals surface area contributed by atoms with E-state index in [1.165, 1.54) is 7.11 Å². The van der Waals surface area contributed by atoms with Crippen LogP contribution < -0.4 is 0 Å². The number of aryl methyl sites for hydroxylation is 1. The third kappa shape index (κ3) is 4.30. The second-order valence-corrected chi connectivity index (χ2v) is 3.59. The lowest BCUT2D eigenvalue weighted by molar-refractivity contribution is -0.140. The summed E-state index contributed by atoms with van der Waals surface area (Å²) in [5.41, 5.74) is 1.03. The van der Waals surface area contributed by atoms with E-state index in [1.54, 1.807) is 6.20 Å². The molecule has 1 aromatic heterocycles. The normalized spacial score (nSPS) is 10.0. The Balaban J connectivity index is 2.26. The molecule has 1 aromatic rings. The third-order valence-corrected chi connectivity index (χ3v) is 2.48. The Morgan fingerprint density at radius 3 is 3.00 bits per heavy atom. The number of halogens is 1. The largest absolute Gasteiger partial charge is 0.469 e. The summed E-state index contributed by atoms with van der Waals surface area (Å²) < 4.78 is 4.55. The lowest BCUT2D eigenvalue weighted by atomic mass is 10.1. The molecule has 1 heterocycles. The van der Waals surface area contributed by atoms with Gasteiger partial charge >= 0.3 is 5.97 Å². The summed E-state index contributed by atoms with van der Waals surface area (Å²) in [6, 6.07) is 3.81. The first-order valence-electron chi connectivity index (χ1n) is 4.90. The molecule has 0 bridgehead atoms. The Morgan fingerprint density at radius 1 is 1.53 bits per heavy atom. The Hall–Kier alpha value is -1.09. The van der Waals surface area contributed by atoms with Crippen LogP contribution in [0.5, 0.6) is 0 Å². The number of pyridine rings is 1. The molecule has 0 fully saturated rings. The molecule has 1 rings (SSSR count). The van der Waals surface area contributed by atoms with Crippen molar-refractivity contribution in [2.24, 2.45) is 0 Å². The second-order valence-electron chi connectivity index (χ2n) is 3.24. The topological polar surface area (TPSA) is 39.2 Å². The van der Waals surface area contributed by atoms with E-state index in [4.69, 9.17) is 11.6 Å². The van der Waals surface area contributed by atoms with Crippen molar-refractivity contribution in [2.45, 2.75) is 25.7 Å². The van der Waals surface area contributed by atoms with Gasteiger partial charge in [-0.1, -0.05) is 17.7 Å². The molecule has 4 heteroatoms. The van der Waals surface area contributed by atoms with Crippen LogP contribution in [0.15, 0.2) is 18.3 Å². The molecule has 82 valence electrons. The number of ether oxygens (including phenoxy) is 1. The molecule has 0 aromatic carbocycles. The molecule has 0 spiro atoms. The molecular weight excluding hydrogens is 214 g/mol. The number of esters is 1. The number of hydrogen-bond acceptors (Lipinski definition) is 3. The molecular formula is C11H14ClNO2. The fraction of sp³-hybridized carbons (Fsp3) is 0.455. The van der Waals surface area contributed by atoms with Gasteiger partial charge in [-0.05, 0) is 30.9 Å². The fourth-order valence-corrected chi connectivity index (χ4v) is 1.51. The maximum atomic E-state index is 10.8. The number of rotatable bonds is 5. The van der Waals surface area contributed by atoms with Crippen LogP contribution in [-0.4, -0.2) is 18.1 Å². The lowest BCUT2D eigenvalue weighted by Gasteiger charge is -2.02. The first-order chi connectivity index (χ1) is 7.24. The predicted molar refractivity (Wildman–Crippen MR) is 58.8 cm³/mol. The van der Waals surface area contributed by atoms with Gasteiger partial charge in [0.25, 0.3) is 0 Å². The number of methoxy groups -OCH3 is 1. The van der Waals surface area contributed by atoms with Crippen LogP contribution in [0, 0.1) is 0 Å². The molecule has 0 saturated heterocycles. The molecule has 0 N–H and O–H groups in total. The van der Waals surface area contributed by atoms with Crippen LogP contribution >= 0.6 is 11.6 Å². The van der Waals surface area contributed by atoms with Crippen molar-refractivity contribution in [3.05, 3.63) is 29.0 Å². The van der Waals surface area contributed by atoms with Crippen LogP contribution in [-0.2, 0) is 16.0 Å². The number of carbonyl (C=O) groups is 1. The van der Waals surface area contributed by atoms with Crippen molar-refractivity contribution in [1.82, 2.24) is 4.98 Å². The van der Waals surface area contributed by atoms with Gasteiger partial charge in [-0.3, -0.25) is 4.79 Å². The molecule has 0 amide bonds. The molecule has 0 saturated carbocycles. The summed E-state index contributed by atoms with van der Waals surface area (Å²) in [7, 11) is 1.40. The number of hydrogen-bond donors (Lipinski definition) is 0. The zero-order valence-corrected chi connectivity index (χ0v) is 9.46. The van der Waals surface area contributed by atoms with Gasteiger partial charge < -0.3 is 4.74 Å². The highest BCUT2D eigenvalue weighted by atomic mass is 35.5. The van der Waals surface area contributed by atoms with Crippen LogP contribution in [0.4, 0.5) is 0 Å². The molecule has 0 aliphatic rings. The summed E-state index contributed by atoms with van der Waals surface area (Å²) >= 11 is 5.89. The second kappa shape index (κ2) is 6.40. The minimum Gasteiger partial charge on any atom is -0.469 e. The number of carbonyl (C=O) groups excluding carboxylic acids is 1. The zero-order chi connectivity index (χ0) is 11.1. The van der Waals surface area contributed by atoms with Crippen molar-refractivity contribution < 1.29 is 9.53 Å². The first kappa shape index (κ1) is 12.0. The van der Waals surface area contributed by atoms with E-state index in [0.29, 0.717) is 11.6 Å². The smallest absolute Gasteiger partial charge is 0.305 e. The van der Waals surface area contributed by atoms with E-state index in [-0.39, 0.29) is 5.97 Å². The molecule has 0 aliphatic carbocycles. The molecule has 3 nitrogen and oxygen atoms in total. The number of aromatic nitrogens is 1. The minimum atomic E-state index is -0.160. The van der Waals surface area contributed by atoms with Crippen molar-refractivity contribution in [1.29, 1.82) is 0 Å². The summed E-state index contributed by atoms with van der Waals surface area (Å²) in [5.74, 6) is -0.160. The molecule has 0 atom stereocenters. The van der Waals surface area contributed by atoms with Gasteiger partial charge in [0.15, 0.2) is 0 Å². The van der Waals surface area contributed by atoms with Gasteiger partial charge in [-0.15, -0.1) is 0 Å². The Bertz CT molecular complexity index is 328. The fourth-order valence-electron chi connectivity index (χ4n) is 1.29. The monoisotopic (exact) mass is 227 g/mol. The lowest BCUT2D eigenvalue weighted by Crippen LogP contribution is -2.00. The minimum absolute atomic E-state index is 0.160. The molecule has 15 heavy (non-hydrogen) atoms. The number of nitrogens with zero attached hydrogens (tertiary/aromatic N) is 1. The van der Waals surface area contributed by atoms with Gasteiger partial charge in [-0.25, -0.2) is 4.98 Å². The van der Waals surface area contributed by atoms with Crippen molar-refractivity contribution in [2.75, 3.05) is 7.11 Å². The van der Waals surface area contributed by atoms with Gasteiger partial charge in [0.2, 0.25) is 0 Å². The van der Waals surface area contributed by atoms with Crippen LogP contribution in [0.25, 0.3) is 0 Å². The Morgan fingerprint density at radius 2 is 2.33 bits per heavy atom.